The Kier molecular flexibility index (Phi) is 4.17. The van der Waals surface area contributed by atoms with E-state index in [1.54, 1.807) is 31.4 Å². The molecule has 0 aliphatic carbocycles. The van der Waals surface area contributed by atoms with E-state index in [1.807, 2.05) is 26.0 Å². The Balaban J connectivity index is 2.65. The van der Waals surface area contributed by atoms with Gasteiger partial charge in [-0.25, -0.2) is 0 Å². The first-order valence-corrected chi connectivity index (χ1v) is 6.95. The van der Waals surface area contributed by atoms with Crippen molar-refractivity contribution in [1.82, 2.24) is 0 Å². The third-order valence-corrected chi connectivity index (χ3v) is 3.94. The van der Waals surface area contributed by atoms with Gasteiger partial charge in [-0.1, -0.05) is 37.0 Å². The average molecular weight is 311 g/mol. The molecular weight excluding hydrogens is 295 g/mol. The van der Waals surface area contributed by atoms with E-state index in [4.69, 9.17) is 27.9 Å². The molecule has 0 bridgehead atoms. The van der Waals surface area contributed by atoms with Crippen LogP contribution in [0.1, 0.15) is 25.0 Å². The molecule has 0 aliphatic heterocycles. The summed E-state index contributed by atoms with van der Waals surface area (Å²) in [6.45, 7) is 3.99. The number of halogens is 2. The van der Waals surface area contributed by atoms with Crippen molar-refractivity contribution >= 4 is 23.2 Å². The van der Waals surface area contributed by atoms with Crippen molar-refractivity contribution < 1.29 is 9.84 Å². The molecular formula is C16H16Cl2O2. The summed E-state index contributed by atoms with van der Waals surface area (Å²) < 4.78 is 5.41. The molecule has 0 atom stereocenters. The number of hydrogen-bond acceptors (Lipinski definition) is 2. The van der Waals surface area contributed by atoms with E-state index in [1.165, 1.54) is 0 Å². The summed E-state index contributed by atoms with van der Waals surface area (Å²) in [5.41, 5.74) is 1.13. The molecule has 20 heavy (non-hydrogen) atoms. The van der Waals surface area contributed by atoms with E-state index in [-0.39, 0.29) is 5.75 Å². The van der Waals surface area contributed by atoms with Crippen molar-refractivity contribution in [3.63, 3.8) is 0 Å². The van der Waals surface area contributed by atoms with Gasteiger partial charge in [-0.3, -0.25) is 0 Å². The number of ether oxygens (including phenoxy) is 1. The second-order valence-electron chi connectivity index (χ2n) is 5.13. The van der Waals surface area contributed by atoms with Gasteiger partial charge in [0.1, 0.15) is 11.5 Å². The first-order valence-electron chi connectivity index (χ1n) is 6.19. The molecule has 2 nitrogen and oxygen atoms in total. The molecule has 2 aromatic rings. The van der Waals surface area contributed by atoms with Crippen LogP contribution in [0.2, 0.25) is 10.0 Å². The number of methoxy groups -OCH3 is 1. The van der Waals surface area contributed by atoms with Gasteiger partial charge in [0.25, 0.3) is 0 Å². The van der Waals surface area contributed by atoms with Gasteiger partial charge in [0.05, 0.1) is 7.11 Å². The highest BCUT2D eigenvalue weighted by Crippen LogP contribution is 2.42. The number of rotatable bonds is 3. The van der Waals surface area contributed by atoms with Crippen molar-refractivity contribution in [3.05, 3.63) is 57.6 Å². The van der Waals surface area contributed by atoms with E-state index in [0.29, 0.717) is 10.0 Å². The smallest absolute Gasteiger partial charge is 0.123 e. The molecule has 2 aromatic carbocycles. The zero-order chi connectivity index (χ0) is 14.9. The van der Waals surface area contributed by atoms with Crippen molar-refractivity contribution in [2.45, 2.75) is 19.3 Å². The highest BCUT2D eigenvalue weighted by atomic mass is 35.5. The maximum atomic E-state index is 10.1. The minimum absolute atomic E-state index is 0.196. The molecule has 0 aromatic heterocycles. The highest BCUT2D eigenvalue weighted by Gasteiger charge is 2.29. The summed E-state index contributed by atoms with van der Waals surface area (Å²) in [5, 5.41) is 11.3. The summed E-state index contributed by atoms with van der Waals surface area (Å²) in [5.74, 6) is 0.917. The van der Waals surface area contributed by atoms with Gasteiger partial charge in [-0.15, -0.1) is 0 Å². The summed E-state index contributed by atoms with van der Waals surface area (Å²) in [4.78, 5) is 0. The van der Waals surface area contributed by atoms with Crippen LogP contribution in [0.3, 0.4) is 0 Å². The van der Waals surface area contributed by atoms with Crippen LogP contribution in [0.4, 0.5) is 0 Å². The number of hydrogen-bond donors (Lipinski definition) is 1. The van der Waals surface area contributed by atoms with Crippen LogP contribution >= 0.6 is 23.2 Å². The fraction of sp³-hybridized carbons (Fsp3) is 0.250. The highest BCUT2D eigenvalue weighted by molar-refractivity contribution is 6.31. The van der Waals surface area contributed by atoms with Gasteiger partial charge in [0, 0.05) is 26.6 Å². The maximum absolute atomic E-state index is 10.1. The topological polar surface area (TPSA) is 29.5 Å². The lowest BCUT2D eigenvalue weighted by molar-refractivity contribution is 0.397. The number of phenolic OH excluding ortho intramolecular Hbond substituents is 1. The van der Waals surface area contributed by atoms with Crippen LogP contribution in [0.15, 0.2) is 36.4 Å². The number of benzene rings is 2. The van der Waals surface area contributed by atoms with Crippen LogP contribution in [0, 0.1) is 0 Å². The zero-order valence-electron chi connectivity index (χ0n) is 11.6. The molecule has 106 valence electrons. The first-order chi connectivity index (χ1) is 9.36. The Labute approximate surface area is 128 Å². The van der Waals surface area contributed by atoms with Crippen molar-refractivity contribution in [2.24, 2.45) is 0 Å². The molecule has 0 spiro atoms. The first kappa shape index (κ1) is 15.0. The Hall–Kier alpha value is -1.38. The molecule has 4 heteroatoms. The summed E-state index contributed by atoms with van der Waals surface area (Å²) in [6, 6.07) is 10.5. The van der Waals surface area contributed by atoms with Crippen LogP contribution < -0.4 is 4.74 Å². The van der Waals surface area contributed by atoms with Gasteiger partial charge in [-0.2, -0.15) is 0 Å². The summed E-state index contributed by atoms with van der Waals surface area (Å²) in [6.07, 6.45) is 0. The largest absolute Gasteiger partial charge is 0.508 e. The van der Waals surface area contributed by atoms with E-state index in [9.17, 15) is 5.11 Å². The van der Waals surface area contributed by atoms with Gasteiger partial charge < -0.3 is 9.84 Å². The Morgan fingerprint density at radius 3 is 2.10 bits per heavy atom. The summed E-state index contributed by atoms with van der Waals surface area (Å²) >= 11 is 12.1. The van der Waals surface area contributed by atoms with Crippen LogP contribution in [-0.2, 0) is 5.41 Å². The molecule has 2 rings (SSSR count). The van der Waals surface area contributed by atoms with Gasteiger partial charge in [0.15, 0.2) is 0 Å². The predicted molar refractivity (Wildman–Crippen MR) is 83.2 cm³/mol. The lowest BCUT2D eigenvalue weighted by atomic mass is 9.77. The third kappa shape index (κ3) is 2.72. The van der Waals surface area contributed by atoms with Crippen molar-refractivity contribution in [3.8, 4) is 11.5 Å². The Morgan fingerprint density at radius 2 is 1.50 bits per heavy atom. The van der Waals surface area contributed by atoms with Gasteiger partial charge >= 0.3 is 0 Å². The number of aromatic hydroxyl groups is 1. The normalized spacial score (nSPS) is 11.4. The van der Waals surface area contributed by atoms with E-state index in [0.717, 1.165) is 16.9 Å². The molecule has 0 fully saturated rings. The van der Waals surface area contributed by atoms with E-state index < -0.39 is 5.41 Å². The summed E-state index contributed by atoms with van der Waals surface area (Å²) in [7, 11) is 1.61. The quantitative estimate of drug-likeness (QED) is 0.861. The van der Waals surface area contributed by atoms with Gasteiger partial charge in [0.2, 0.25) is 0 Å². The average Bonchev–Trinajstić information content (AvgIpc) is 2.41. The predicted octanol–water partition coefficient (Wildman–Crippen LogP) is 5.03. The lowest BCUT2D eigenvalue weighted by Gasteiger charge is -2.28. The monoisotopic (exact) mass is 310 g/mol. The maximum Gasteiger partial charge on any atom is 0.123 e. The van der Waals surface area contributed by atoms with Crippen LogP contribution in [0.5, 0.6) is 11.5 Å². The molecule has 0 saturated carbocycles. The lowest BCUT2D eigenvalue weighted by Crippen LogP contribution is -2.20. The van der Waals surface area contributed by atoms with E-state index >= 15 is 0 Å². The molecule has 0 radical (unpaired) electrons. The molecule has 0 amide bonds. The van der Waals surface area contributed by atoms with Crippen LogP contribution in [0.25, 0.3) is 0 Å². The fourth-order valence-corrected chi connectivity index (χ4v) is 2.67. The van der Waals surface area contributed by atoms with Crippen molar-refractivity contribution in [2.75, 3.05) is 7.11 Å². The molecule has 0 unspecified atom stereocenters. The van der Waals surface area contributed by atoms with Crippen LogP contribution in [-0.4, -0.2) is 12.2 Å². The van der Waals surface area contributed by atoms with E-state index in [2.05, 4.69) is 0 Å². The number of phenols is 1. The van der Waals surface area contributed by atoms with Gasteiger partial charge in [-0.05, 0) is 36.4 Å². The molecule has 1 N–H and O–H groups in total. The Morgan fingerprint density at radius 1 is 0.950 bits per heavy atom. The minimum Gasteiger partial charge on any atom is -0.508 e. The third-order valence-electron chi connectivity index (χ3n) is 3.47. The van der Waals surface area contributed by atoms with Crippen molar-refractivity contribution in [1.29, 1.82) is 0 Å². The standard InChI is InChI=1S/C16H16Cl2O2/c1-16(2,12-8-10(17)4-6-14(12)19)13-9-11(18)5-7-15(13)20-3/h4-9,19H,1-3H3. The molecule has 0 aliphatic rings. The Bertz CT molecular complexity index is 636. The second kappa shape index (κ2) is 5.55. The minimum atomic E-state index is -0.495. The second-order valence-corrected chi connectivity index (χ2v) is 6.00. The molecule has 0 saturated heterocycles. The zero-order valence-corrected chi connectivity index (χ0v) is 13.1. The SMILES string of the molecule is COc1ccc(Cl)cc1C(C)(C)c1cc(Cl)ccc1O. The fourth-order valence-electron chi connectivity index (χ4n) is 2.32. The molecule has 0 heterocycles.